The Labute approximate surface area is 151 Å². The monoisotopic (exact) mass is 358 g/mol. The normalized spacial score (nSPS) is 11.3. The Morgan fingerprint density at radius 2 is 1.81 bits per heavy atom. The molecule has 0 aliphatic rings. The lowest BCUT2D eigenvalue weighted by atomic mass is 10.1. The number of aliphatic hydroxyl groups is 1. The summed E-state index contributed by atoms with van der Waals surface area (Å²) in [5, 5.41) is 14.5. The third-order valence-corrected chi connectivity index (χ3v) is 3.58. The van der Waals surface area contributed by atoms with Crippen molar-refractivity contribution < 1.29 is 24.2 Å². The number of methoxy groups -OCH3 is 1. The number of carbonyl (C=O) groups is 2. The molecule has 0 aliphatic carbocycles. The van der Waals surface area contributed by atoms with Crippen molar-refractivity contribution in [2.45, 2.75) is 13.0 Å². The Hall–Kier alpha value is -3.06. The lowest BCUT2D eigenvalue weighted by molar-refractivity contribution is -0.123. The Bertz CT molecular complexity index is 746. The molecule has 0 bridgehead atoms. The van der Waals surface area contributed by atoms with Crippen LogP contribution in [-0.4, -0.2) is 43.3 Å². The van der Waals surface area contributed by atoms with E-state index in [1.807, 2.05) is 0 Å². The molecular weight excluding hydrogens is 336 g/mol. The van der Waals surface area contributed by atoms with Crippen LogP contribution in [0, 0.1) is 0 Å². The molecule has 0 aliphatic heterocycles. The Morgan fingerprint density at radius 1 is 1.12 bits per heavy atom. The summed E-state index contributed by atoms with van der Waals surface area (Å²) in [6.07, 6.45) is -0.976. The lowest BCUT2D eigenvalue weighted by Gasteiger charge is -2.15. The molecule has 26 heavy (non-hydrogen) atoms. The fraction of sp³-hybridized carbons (Fsp3) is 0.263. The minimum atomic E-state index is -0.976. The number of ether oxygens (including phenoxy) is 2. The van der Waals surface area contributed by atoms with Gasteiger partial charge in [-0.15, -0.1) is 0 Å². The van der Waals surface area contributed by atoms with Gasteiger partial charge in [0.15, 0.2) is 6.10 Å². The first kappa shape index (κ1) is 19.3. The van der Waals surface area contributed by atoms with E-state index >= 15 is 0 Å². The van der Waals surface area contributed by atoms with Crippen LogP contribution in [0.15, 0.2) is 48.5 Å². The van der Waals surface area contributed by atoms with Crippen LogP contribution in [0.1, 0.15) is 17.3 Å². The second-order valence-corrected chi connectivity index (χ2v) is 5.46. The van der Waals surface area contributed by atoms with Crippen molar-refractivity contribution in [3.05, 3.63) is 54.1 Å². The summed E-state index contributed by atoms with van der Waals surface area (Å²) in [4.78, 5) is 24.6. The van der Waals surface area contributed by atoms with E-state index < -0.39 is 18.0 Å². The third kappa shape index (κ3) is 5.22. The highest BCUT2D eigenvalue weighted by Gasteiger charge is 2.20. The zero-order valence-electron chi connectivity index (χ0n) is 14.7. The molecule has 0 unspecified atom stereocenters. The summed E-state index contributed by atoms with van der Waals surface area (Å²) in [6.45, 7) is 1.74. The first-order chi connectivity index (χ1) is 12.5. The number of nitrogens with one attached hydrogen (secondary N) is 2. The van der Waals surface area contributed by atoms with E-state index in [-0.39, 0.29) is 6.61 Å². The predicted octanol–water partition coefficient (Wildman–Crippen LogP) is 2.28. The third-order valence-electron chi connectivity index (χ3n) is 3.58. The summed E-state index contributed by atoms with van der Waals surface area (Å²) in [5.74, 6) is -0.387. The molecule has 0 fully saturated rings. The molecule has 7 nitrogen and oxygen atoms in total. The molecular formula is C19H22N2O5. The molecule has 0 spiro atoms. The molecule has 2 rings (SSSR count). The van der Waals surface area contributed by atoms with Gasteiger partial charge in [-0.25, -0.2) is 4.79 Å². The quantitative estimate of drug-likeness (QED) is 0.627. The fourth-order valence-corrected chi connectivity index (χ4v) is 2.20. The molecule has 1 amide bonds. The molecule has 2 aromatic rings. The average molecular weight is 358 g/mol. The molecule has 0 radical (unpaired) electrons. The van der Waals surface area contributed by atoms with Crippen LogP contribution in [0.3, 0.4) is 0 Å². The van der Waals surface area contributed by atoms with Crippen molar-refractivity contribution in [1.29, 1.82) is 0 Å². The smallest absolute Gasteiger partial charge is 0.341 e. The van der Waals surface area contributed by atoms with Gasteiger partial charge in [-0.2, -0.15) is 0 Å². The maximum atomic E-state index is 12.4. The summed E-state index contributed by atoms with van der Waals surface area (Å²) >= 11 is 0. The van der Waals surface area contributed by atoms with Crippen molar-refractivity contribution in [3.8, 4) is 5.75 Å². The molecule has 3 N–H and O–H groups in total. The largest absolute Gasteiger partial charge is 0.497 e. The van der Waals surface area contributed by atoms with Gasteiger partial charge in [0.05, 0.1) is 19.3 Å². The van der Waals surface area contributed by atoms with E-state index in [0.717, 1.165) is 0 Å². The van der Waals surface area contributed by atoms with Crippen molar-refractivity contribution in [3.63, 3.8) is 0 Å². The van der Waals surface area contributed by atoms with Crippen LogP contribution >= 0.6 is 0 Å². The first-order valence-electron chi connectivity index (χ1n) is 8.14. The first-order valence-corrected chi connectivity index (χ1v) is 8.14. The second kappa shape index (κ2) is 9.43. The molecule has 0 saturated heterocycles. The number of rotatable bonds is 8. The van der Waals surface area contributed by atoms with Gasteiger partial charge in [-0.3, -0.25) is 4.79 Å². The van der Waals surface area contributed by atoms with Crippen LogP contribution < -0.4 is 15.4 Å². The maximum Gasteiger partial charge on any atom is 0.341 e. The van der Waals surface area contributed by atoms with Crippen LogP contribution in [0.5, 0.6) is 5.75 Å². The Balaban J connectivity index is 1.98. The van der Waals surface area contributed by atoms with Gasteiger partial charge < -0.3 is 25.2 Å². The predicted molar refractivity (Wildman–Crippen MR) is 98.5 cm³/mol. The van der Waals surface area contributed by atoms with Crippen LogP contribution in [0.2, 0.25) is 0 Å². The van der Waals surface area contributed by atoms with Gasteiger partial charge in [0, 0.05) is 17.9 Å². The number of carbonyl (C=O) groups excluding carboxylic acids is 2. The molecule has 0 heterocycles. The van der Waals surface area contributed by atoms with Crippen molar-refractivity contribution in [2.24, 2.45) is 0 Å². The van der Waals surface area contributed by atoms with E-state index in [1.165, 1.54) is 6.92 Å². The van der Waals surface area contributed by atoms with Crippen LogP contribution in [0.25, 0.3) is 0 Å². The van der Waals surface area contributed by atoms with Gasteiger partial charge >= 0.3 is 5.97 Å². The van der Waals surface area contributed by atoms with E-state index in [9.17, 15) is 9.59 Å². The van der Waals surface area contributed by atoms with Crippen molar-refractivity contribution in [1.82, 2.24) is 0 Å². The summed E-state index contributed by atoms with van der Waals surface area (Å²) in [5.41, 5.74) is 1.41. The summed E-state index contributed by atoms with van der Waals surface area (Å²) < 4.78 is 10.3. The van der Waals surface area contributed by atoms with Gasteiger partial charge in [0.1, 0.15) is 5.75 Å². The van der Waals surface area contributed by atoms with Gasteiger partial charge in [-0.1, -0.05) is 12.1 Å². The van der Waals surface area contributed by atoms with E-state index in [1.54, 1.807) is 55.6 Å². The second-order valence-electron chi connectivity index (χ2n) is 5.46. The van der Waals surface area contributed by atoms with Crippen LogP contribution in [0.4, 0.5) is 11.4 Å². The van der Waals surface area contributed by atoms with Gasteiger partial charge in [0.25, 0.3) is 5.91 Å². The number of amides is 1. The summed E-state index contributed by atoms with van der Waals surface area (Å²) in [6, 6.07) is 13.6. The number of hydrogen-bond donors (Lipinski definition) is 3. The highest BCUT2D eigenvalue weighted by Crippen LogP contribution is 2.18. The molecule has 7 heteroatoms. The van der Waals surface area contributed by atoms with Crippen molar-refractivity contribution in [2.75, 3.05) is 30.9 Å². The van der Waals surface area contributed by atoms with Crippen LogP contribution in [-0.2, 0) is 9.53 Å². The zero-order valence-corrected chi connectivity index (χ0v) is 14.7. The number of para-hydroxylation sites is 1. The number of benzene rings is 2. The number of aliphatic hydroxyl groups excluding tert-OH is 1. The van der Waals surface area contributed by atoms with E-state index in [2.05, 4.69) is 10.6 Å². The lowest BCUT2D eigenvalue weighted by Crippen LogP contribution is -2.30. The number of hydrogen-bond acceptors (Lipinski definition) is 6. The van der Waals surface area contributed by atoms with Gasteiger partial charge in [-0.05, 0) is 43.3 Å². The van der Waals surface area contributed by atoms with Gasteiger partial charge in [0.2, 0.25) is 0 Å². The highest BCUT2D eigenvalue weighted by molar-refractivity contribution is 5.99. The molecule has 0 saturated carbocycles. The SMILES string of the molecule is COc1ccc(NC(=O)[C@@H](C)OC(=O)c2ccccc2NCCO)cc1. The molecule has 0 aromatic heterocycles. The average Bonchev–Trinajstić information content (AvgIpc) is 2.67. The zero-order chi connectivity index (χ0) is 18.9. The Morgan fingerprint density at radius 3 is 2.46 bits per heavy atom. The minimum absolute atomic E-state index is 0.0654. The van der Waals surface area contributed by atoms with Crippen molar-refractivity contribution >= 4 is 23.3 Å². The maximum absolute atomic E-state index is 12.4. The topological polar surface area (TPSA) is 96.9 Å². The minimum Gasteiger partial charge on any atom is -0.497 e. The molecule has 2 aromatic carbocycles. The van der Waals surface area contributed by atoms with E-state index in [4.69, 9.17) is 14.6 Å². The standard InChI is InChI=1S/C19H22N2O5/c1-13(18(23)21-14-7-9-15(25-2)10-8-14)26-19(24)16-5-3-4-6-17(16)20-11-12-22/h3-10,13,20,22H,11-12H2,1-2H3,(H,21,23)/t13-/m1/s1. The molecule has 138 valence electrons. The molecule has 1 atom stereocenters. The highest BCUT2D eigenvalue weighted by atomic mass is 16.5. The number of esters is 1. The summed E-state index contributed by atoms with van der Waals surface area (Å²) in [7, 11) is 1.56. The number of anilines is 2. The Kier molecular flexibility index (Phi) is 6.99. The van der Waals surface area contributed by atoms with E-state index in [0.29, 0.717) is 29.2 Å². The fourth-order valence-electron chi connectivity index (χ4n) is 2.20.